The highest BCUT2D eigenvalue weighted by Crippen LogP contribution is 2.38. The number of rotatable bonds is 8. The second-order valence-corrected chi connectivity index (χ2v) is 5.34. The average Bonchev–Trinajstić information content (AvgIpc) is 3.07. The Morgan fingerprint density at radius 3 is 2.50 bits per heavy atom. The molecule has 1 unspecified atom stereocenters. The summed E-state index contributed by atoms with van der Waals surface area (Å²) in [6, 6.07) is 0. The number of nitrogens with two attached hydrogens (primary N) is 1. The van der Waals surface area contributed by atoms with Gasteiger partial charge in [-0.25, -0.2) is 0 Å². The minimum Gasteiger partial charge on any atom is -0.380 e. The Kier molecular flexibility index (Phi) is 5.51. The molecule has 3 nitrogen and oxygen atoms in total. The van der Waals surface area contributed by atoms with E-state index in [1.165, 1.54) is 25.7 Å². The minimum atomic E-state index is 0. The molecule has 0 bridgehead atoms. The molecule has 0 aromatic heterocycles. The fourth-order valence-corrected chi connectivity index (χ4v) is 2.05. The second-order valence-electron chi connectivity index (χ2n) is 5.34. The van der Waals surface area contributed by atoms with Crippen LogP contribution in [0.5, 0.6) is 0 Å². The summed E-state index contributed by atoms with van der Waals surface area (Å²) < 4.78 is 5.59. The lowest BCUT2D eigenvalue weighted by molar-refractivity contribution is 0.118. The first-order valence-corrected chi connectivity index (χ1v) is 6.27. The third kappa shape index (κ3) is 4.21. The van der Waals surface area contributed by atoms with E-state index in [1.54, 1.807) is 0 Å². The summed E-state index contributed by atoms with van der Waals surface area (Å²) in [6.45, 7) is 5.71. The van der Waals surface area contributed by atoms with Crippen molar-refractivity contribution in [1.29, 1.82) is 0 Å². The van der Waals surface area contributed by atoms with E-state index >= 15 is 0 Å². The van der Waals surface area contributed by atoms with Crippen LogP contribution in [0.1, 0.15) is 32.6 Å². The summed E-state index contributed by atoms with van der Waals surface area (Å²) in [6.07, 6.45) is 5.42. The van der Waals surface area contributed by atoms with Gasteiger partial charge >= 0.3 is 0 Å². The van der Waals surface area contributed by atoms with Crippen molar-refractivity contribution in [3.63, 3.8) is 0 Å². The second kappa shape index (κ2) is 6.20. The van der Waals surface area contributed by atoms with Crippen molar-refractivity contribution in [1.82, 2.24) is 5.32 Å². The molecule has 0 amide bonds. The number of ether oxygens (including phenoxy) is 1. The zero-order valence-electron chi connectivity index (χ0n) is 10.2. The van der Waals surface area contributed by atoms with Gasteiger partial charge in [-0.15, -0.1) is 12.4 Å². The number of hydrogen-bond donors (Lipinski definition) is 2. The standard InChI is InChI=1S/C12H24N2O.ClH/c1-12(9-13,11-4-5-11)14-6-7-15-8-10-2-3-10;/h10-11,14H,2-9,13H2,1H3;1H. The quantitative estimate of drug-likeness (QED) is 0.641. The van der Waals surface area contributed by atoms with E-state index < -0.39 is 0 Å². The molecule has 0 saturated heterocycles. The zero-order chi connectivity index (χ0) is 10.7. The van der Waals surface area contributed by atoms with Gasteiger partial charge in [-0.2, -0.15) is 0 Å². The largest absolute Gasteiger partial charge is 0.380 e. The molecule has 2 fully saturated rings. The molecule has 0 radical (unpaired) electrons. The van der Waals surface area contributed by atoms with E-state index in [-0.39, 0.29) is 17.9 Å². The van der Waals surface area contributed by atoms with Crippen LogP contribution in [0.25, 0.3) is 0 Å². The molecule has 0 heterocycles. The molecule has 3 N–H and O–H groups in total. The van der Waals surface area contributed by atoms with Gasteiger partial charge in [-0.3, -0.25) is 0 Å². The molecular formula is C12H25ClN2O. The Morgan fingerprint density at radius 1 is 1.31 bits per heavy atom. The maximum absolute atomic E-state index is 5.82. The predicted molar refractivity (Wildman–Crippen MR) is 69.0 cm³/mol. The van der Waals surface area contributed by atoms with Gasteiger partial charge in [0.25, 0.3) is 0 Å². The first kappa shape index (κ1) is 14.2. The SMILES string of the molecule is CC(CN)(NCCOCC1CC1)C1CC1.Cl. The molecule has 0 aromatic carbocycles. The molecule has 2 aliphatic carbocycles. The van der Waals surface area contributed by atoms with E-state index in [0.29, 0.717) is 0 Å². The van der Waals surface area contributed by atoms with Crippen LogP contribution in [0.2, 0.25) is 0 Å². The van der Waals surface area contributed by atoms with Gasteiger partial charge in [-0.1, -0.05) is 0 Å². The van der Waals surface area contributed by atoms with Gasteiger partial charge in [-0.05, 0) is 44.4 Å². The first-order valence-electron chi connectivity index (χ1n) is 6.27. The van der Waals surface area contributed by atoms with Crippen molar-refractivity contribution in [2.75, 3.05) is 26.3 Å². The van der Waals surface area contributed by atoms with Crippen molar-refractivity contribution in [3.8, 4) is 0 Å². The van der Waals surface area contributed by atoms with Gasteiger partial charge in [0, 0.05) is 25.2 Å². The molecule has 96 valence electrons. The summed E-state index contributed by atoms with van der Waals surface area (Å²) in [7, 11) is 0. The van der Waals surface area contributed by atoms with Crippen LogP contribution < -0.4 is 11.1 Å². The van der Waals surface area contributed by atoms with E-state index in [1.807, 2.05) is 0 Å². The Hall–Kier alpha value is 0.170. The molecule has 0 aromatic rings. The van der Waals surface area contributed by atoms with Gasteiger partial charge in [0.15, 0.2) is 0 Å². The van der Waals surface area contributed by atoms with Crippen LogP contribution in [0.15, 0.2) is 0 Å². The Bertz CT molecular complexity index is 207. The molecule has 16 heavy (non-hydrogen) atoms. The number of halogens is 1. The van der Waals surface area contributed by atoms with Crippen molar-refractivity contribution in [2.45, 2.75) is 38.1 Å². The zero-order valence-corrected chi connectivity index (χ0v) is 11.0. The molecule has 2 aliphatic rings. The lowest BCUT2D eigenvalue weighted by Crippen LogP contribution is -2.51. The molecule has 4 heteroatoms. The highest BCUT2D eigenvalue weighted by atomic mass is 35.5. The average molecular weight is 249 g/mol. The topological polar surface area (TPSA) is 47.3 Å². The molecule has 0 aliphatic heterocycles. The summed E-state index contributed by atoms with van der Waals surface area (Å²) in [4.78, 5) is 0. The van der Waals surface area contributed by atoms with Crippen molar-refractivity contribution in [2.24, 2.45) is 17.6 Å². The Labute approximate surface area is 105 Å². The van der Waals surface area contributed by atoms with Crippen LogP contribution in [-0.2, 0) is 4.74 Å². The van der Waals surface area contributed by atoms with Crippen LogP contribution in [-0.4, -0.2) is 31.8 Å². The van der Waals surface area contributed by atoms with E-state index in [4.69, 9.17) is 10.5 Å². The van der Waals surface area contributed by atoms with Gasteiger partial charge in [0.1, 0.15) is 0 Å². The maximum atomic E-state index is 5.82. The lowest BCUT2D eigenvalue weighted by Gasteiger charge is -2.29. The summed E-state index contributed by atoms with van der Waals surface area (Å²) in [5.74, 6) is 1.67. The van der Waals surface area contributed by atoms with E-state index in [0.717, 1.165) is 38.1 Å². The highest BCUT2D eigenvalue weighted by molar-refractivity contribution is 5.85. The van der Waals surface area contributed by atoms with Crippen LogP contribution >= 0.6 is 12.4 Å². The molecule has 2 rings (SSSR count). The summed E-state index contributed by atoms with van der Waals surface area (Å²) in [5.41, 5.74) is 5.97. The van der Waals surface area contributed by atoms with Gasteiger partial charge in [0.2, 0.25) is 0 Å². The third-order valence-electron chi connectivity index (χ3n) is 3.73. The minimum absolute atomic E-state index is 0. The number of hydrogen-bond acceptors (Lipinski definition) is 3. The maximum Gasteiger partial charge on any atom is 0.0591 e. The molecule has 0 spiro atoms. The van der Waals surface area contributed by atoms with E-state index in [9.17, 15) is 0 Å². The Balaban J connectivity index is 0.00000128. The van der Waals surface area contributed by atoms with E-state index in [2.05, 4.69) is 12.2 Å². The smallest absolute Gasteiger partial charge is 0.0591 e. The highest BCUT2D eigenvalue weighted by Gasteiger charge is 2.39. The van der Waals surface area contributed by atoms with Gasteiger partial charge in [0.05, 0.1) is 6.61 Å². The fourth-order valence-electron chi connectivity index (χ4n) is 2.05. The Morgan fingerprint density at radius 2 is 2.00 bits per heavy atom. The third-order valence-corrected chi connectivity index (χ3v) is 3.73. The predicted octanol–water partition coefficient (Wildman–Crippen LogP) is 1.55. The van der Waals surface area contributed by atoms with Gasteiger partial charge < -0.3 is 15.8 Å². The number of nitrogens with one attached hydrogen (secondary N) is 1. The van der Waals surface area contributed by atoms with Crippen molar-refractivity contribution >= 4 is 12.4 Å². The van der Waals surface area contributed by atoms with Crippen LogP contribution in [0.3, 0.4) is 0 Å². The molecule has 2 saturated carbocycles. The molecular weight excluding hydrogens is 224 g/mol. The summed E-state index contributed by atoms with van der Waals surface area (Å²) in [5, 5.41) is 3.55. The van der Waals surface area contributed by atoms with Crippen LogP contribution in [0, 0.1) is 11.8 Å². The van der Waals surface area contributed by atoms with Crippen LogP contribution in [0.4, 0.5) is 0 Å². The monoisotopic (exact) mass is 248 g/mol. The summed E-state index contributed by atoms with van der Waals surface area (Å²) >= 11 is 0. The molecule has 1 atom stereocenters. The lowest BCUT2D eigenvalue weighted by atomic mass is 9.96. The van der Waals surface area contributed by atoms with Crippen molar-refractivity contribution in [3.05, 3.63) is 0 Å². The normalized spacial score (nSPS) is 23.6. The first-order chi connectivity index (χ1) is 7.24. The van der Waals surface area contributed by atoms with Crippen molar-refractivity contribution < 1.29 is 4.74 Å². The fraction of sp³-hybridized carbons (Fsp3) is 1.00.